The van der Waals surface area contributed by atoms with E-state index in [4.69, 9.17) is 6.57 Å². The van der Waals surface area contributed by atoms with E-state index in [1.54, 1.807) is 0 Å². The Morgan fingerprint density at radius 3 is 2.20 bits per heavy atom. The third-order valence-electron chi connectivity index (χ3n) is 0.138. The highest BCUT2D eigenvalue weighted by atomic mass is 127. The van der Waals surface area contributed by atoms with Crippen molar-refractivity contribution in [1.82, 2.24) is 0 Å². The molecular weight excluding hydrogens is 196 g/mol. The van der Waals surface area contributed by atoms with Gasteiger partial charge in [0.05, 0.1) is 0 Å². The first-order valence-electron chi connectivity index (χ1n) is 1.04. The molecule has 0 amide bonds. The molecule has 0 saturated carbocycles. The summed E-state index contributed by atoms with van der Waals surface area (Å²) in [5.41, 5.74) is -0.337. The van der Waals surface area contributed by atoms with Crippen molar-refractivity contribution < 1.29 is 0 Å². The highest BCUT2D eigenvalue weighted by molar-refractivity contribution is 14.2. The van der Waals surface area contributed by atoms with Gasteiger partial charge >= 0.3 is 5.71 Å². The van der Waals surface area contributed by atoms with Crippen molar-refractivity contribution >= 4 is 27.8 Å². The van der Waals surface area contributed by atoms with Gasteiger partial charge in [0.15, 0.2) is 0 Å². The van der Waals surface area contributed by atoms with Gasteiger partial charge in [-0.1, -0.05) is 0 Å². The fourth-order valence-corrected chi connectivity index (χ4v) is 0. The van der Waals surface area contributed by atoms with Crippen molar-refractivity contribution in [2.75, 3.05) is 6.66 Å². The van der Waals surface area contributed by atoms with E-state index < -0.39 is 0 Å². The molecule has 0 rings (SSSR count). The maximum atomic E-state index is 6.30. The average molecular weight is 199 g/mol. The molecule has 0 aliphatic carbocycles. The third-order valence-corrected chi connectivity index (χ3v) is 1.06. The molecule has 5 heavy (non-hydrogen) atoms. The molecule has 0 aromatic rings. The van der Waals surface area contributed by atoms with Crippen LogP contribution in [0.1, 0.15) is 0 Å². The Kier molecular flexibility index (Phi) is 3.24. The van der Waals surface area contributed by atoms with Gasteiger partial charge in [0, 0.05) is 28.7 Å². The van der Waals surface area contributed by atoms with Crippen LogP contribution in [0.25, 0.3) is 4.62 Å². The molecule has 0 N–H and O–H groups in total. The summed E-state index contributed by atoms with van der Waals surface area (Å²) in [7, 11) is 0. The van der Waals surface area contributed by atoms with E-state index in [9.17, 15) is 0 Å². The SMILES string of the molecule is [C-]#[N+]P(C)I. The van der Waals surface area contributed by atoms with E-state index in [0.29, 0.717) is 0 Å². The standard InChI is InChI=1S/C2H3INP/c1-4-5(2)3/h2H3. The van der Waals surface area contributed by atoms with Crippen LogP contribution < -0.4 is 0 Å². The van der Waals surface area contributed by atoms with Gasteiger partial charge in [-0.2, -0.15) is 0 Å². The summed E-state index contributed by atoms with van der Waals surface area (Å²) in [5, 5.41) is 0. The quantitative estimate of drug-likeness (QED) is 0.320. The minimum atomic E-state index is -0.337. The summed E-state index contributed by atoms with van der Waals surface area (Å²) in [5.74, 6) is 0. The van der Waals surface area contributed by atoms with E-state index >= 15 is 0 Å². The molecule has 3 heteroatoms. The Hall–Kier alpha value is 0.650. The van der Waals surface area contributed by atoms with Crippen LogP contribution in [-0.4, -0.2) is 6.66 Å². The first-order valence-corrected chi connectivity index (χ1v) is 5.57. The third kappa shape index (κ3) is 4.65. The number of hydrogen-bond acceptors (Lipinski definition) is 0. The van der Waals surface area contributed by atoms with Gasteiger partial charge in [0.25, 0.3) is 0 Å². The van der Waals surface area contributed by atoms with Crippen LogP contribution in [0.3, 0.4) is 0 Å². The van der Waals surface area contributed by atoms with E-state index in [1.165, 1.54) is 0 Å². The summed E-state index contributed by atoms with van der Waals surface area (Å²) in [6.45, 7) is 8.22. The lowest BCUT2D eigenvalue weighted by Gasteiger charge is -1.68. The number of halogens is 1. The van der Waals surface area contributed by atoms with Crippen LogP contribution in [0.2, 0.25) is 0 Å². The smallest absolute Gasteiger partial charge is 0.292 e. The van der Waals surface area contributed by atoms with E-state index in [1.807, 2.05) is 6.66 Å². The summed E-state index contributed by atoms with van der Waals surface area (Å²) in [6, 6.07) is 0. The van der Waals surface area contributed by atoms with Gasteiger partial charge in [0.2, 0.25) is 0 Å². The zero-order valence-corrected chi connectivity index (χ0v) is 5.82. The van der Waals surface area contributed by atoms with Crippen LogP contribution in [0, 0.1) is 6.57 Å². The van der Waals surface area contributed by atoms with Gasteiger partial charge in [-0.05, 0) is 0 Å². The Labute approximate surface area is 45.9 Å². The second-order valence-electron chi connectivity index (χ2n) is 0.545. The lowest BCUT2D eigenvalue weighted by atomic mass is 11.9. The predicted molar refractivity (Wildman–Crippen MR) is 33.5 cm³/mol. The van der Waals surface area contributed by atoms with E-state index in [2.05, 4.69) is 26.7 Å². The monoisotopic (exact) mass is 199 g/mol. The highest BCUT2D eigenvalue weighted by Gasteiger charge is 1.90. The maximum absolute atomic E-state index is 6.30. The molecule has 0 saturated heterocycles. The number of rotatable bonds is 0. The van der Waals surface area contributed by atoms with E-state index in [-0.39, 0.29) is 5.71 Å². The molecule has 0 aliphatic rings. The van der Waals surface area contributed by atoms with Crippen LogP contribution in [0.4, 0.5) is 0 Å². The molecule has 1 nitrogen and oxygen atoms in total. The van der Waals surface area contributed by atoms with Crippen LogP contribution in [0.5, 0.6) is 0 Å². The van der Waals surface area contributed by atoms with Gasteiger partial charge in [0.1, 0.15) is 0 Å². The number of nitrogens with zero attached hydrogens (tertiary/aromatic N) is 1. The fraction of sp³-hybridized carbons (Fsp3) is 0.500. The van der Waals surface area contributed by atoms with Gasteiger partial charge in [-0.3, -0.25) is 4.62 Å². The molecule has 1 unspecified atom stereocenters. The molecule has 28 valence electrons. The molecule has 0 aromatic carbocycles. The average Bonchev–Trinajstić information content (AvgIpc) is 1.38. The molecule has 0 heterocycles. The van der Waals surface area contributed by atoms with Crippen molar-refractivity contribution in [1.29, 1.82) is 0 Å². The predicted octanol–water partition coefficient (Wildman–Crippen LogP) is 2.28. The number of hydrogen-bond donors (Lipinski definition) is 0. The molecule has 0 spiro atoms. The van der Waals surface area contributed by atoms with Crippen LogP contribution in [-0.2, 0) is 0 Å². The van der Waals surface area contributed by atoms with Crippen molar-refractivity contribution in [2.24, 2.45) is 0 Å². The first-order chi connectivity index (χ1) is 2.27. The Bertz CT molecular complexity index is 55.2. The molecule has 0 fully saturated rings. The Morgan fingerprint density at radius 1 is 2.00 bits per heavy atom. The van der Waals surface area contributed by atoms with Crippen molar-refractivity contribution in [3.8, 4) is 0 Å². The van der Waals surface area contributed by atoms with Crippen molar-refractivity contribution in [2.45, 2.75) is 0 Å². The minimum Gasteiger partial charge on any atom is -0.292 e. The Morgan fingerprint density at radius 2 is 2.20 bits per heavy atom. The lowest BCUT2D eigenvalue weighted by molar-refractivity contribution is 2.39. The normalized spacial score (nSPS) is 13.0. The molecular formula is C2H3INP. The lowest BCUT2D eigenvalue weighted by Crippen LogP contribution is -1.28. The second-order valence-corrected chi connectivity index (χ2v) is 5.82. The minimum absolute atomic E-state index is 0.337. The summed E-state index contributed by atoms with van der Waals surface area (Å²) in [6.07, 6.45) is 0. The van der Waals surface area contributed by atoms with Crippen molar-refractivity contribution in [3.63, 3.8) is 0 Å². The second kappa shape index (κ2) is 2.87. The van der Waals surface area contributed by atoms with Crippen LogP contribution in [0.15, 0.2) is 0 Å². The summed E-state index contributed by atoms with van der Waals surface area (Å²) in [4.78, 5) is 0. The zero-order chi connectivity index (χ0) is 4.28. The fourth-order valence-electron chi connectivity index (χ4n) is 0. The molecule has 0 bridgehead atoms. The highest BCUT2D eigenvalue weighted by Crippen LogP contribution is 2.41. The van der Waals surface area contributed by atoms with Crippen LogP contribution >= 0.6 is 27.8 Å². The Balaban J connectivity index is 2.94. The largest absolute Gasteiger partial charge is 0.329 e. The van der Waals surface area contributed by atoms with Crippen molar-refractivity contribution in [3.05, 3.63) is 11.2 Å². The topological polar surface area (TPSA) is 4.36 Å². The van der Waals surface area contributed by atoms with Gasteiger partial charge in [-0.15, -0.1) is 0 Å². The molecule has 1 atom stereocenters. The first kappa shape index (κ1) is 5.65. The maximum Gasteiger partial charge on any atom is 0.329 e. The summed E-state index contributed by atoms with van der Waals surface area (Å²) < 4.78 is 3.19. The van der Waals surface area contributed by atoms with E-state index in [0.717, 1.165) is 0 Å². The molecule has 0 aromatic heterocycles. The van der Waals surface area contributed by atoms with Gasteiger partial charge in [-0.25, -0.2) is 6.57 Å². The van der Waals surface area contributed by atoms with Gasteiger partial charge < -0.3 is 0 Å². The molecule has 0 radical (unpaired) electrons. The zero-order valence-electron chi connectivity index (χ0n) is 2.77. The summed E-state index contributed by atoms with van der Waals surface area (Å²) >= 11 is 2.12. The molecule has 0 aliphatic heterocycles.